The van der Waals surface area contributed by atoms with Gasteiger partial charge in [-0.15, -0.1) is 0 Å². The number of carbonyl (C=O) groups excluding carboxylic acids is 1. The van der Waals surface area contributed by atoms with Crippen molar-refractivity contribution in [2.45, 2.75) is 44.1 Å². The number of nitrogens with one attached hydrogen (secondary N) is 1. The van der Waals surface area contributed by atoms with E-state index in [-0.39, 0.29) is 22.6 Å². The van der Waals surface area contributed by atoms with Crippen LogP contribution in [0.1, 0.15) is 49.1 Å². The van der Waals surface area contributed by atoms with E-state index in [1.807, 2.05) is 0 Å². The Morgan fingerprint density at radius 1 is 1.08 bits per heavy atom. The zero-order chi connectivity index (χ0) is 17.2. The zero-order valence-electron chi connectivity index (χ0n) is 13.9. The summed E-state index contributed by atoms with van der Waals surface area (Å²) >= 11 is 0. The second-order valence-electron chi connectivity index (χ2n) is 8.28. The molecule has 4 bridgehead atoms. The Bertz CT molecular complexity index is 897. The number of hydrogen-bond donors (Lipinski definition) is 1. The van der Waals surface area contributed by atoms with Gasteiger partial charge in [-0.2, -0.15) is 0 Å². The summed E-state index contributed by atoms with van der Waals surface area (Å²) in [5.74, 6) is 1.31. The van der Waals surface area contributed by atoms with E-state index in [0.717, 1.165) is 19.3 Å². The minimum absolute atomic E-state index is 0.0288. The highest BCUT2D eigenvalue weighted by Gasteiger charge is 2.51. The molecule has 1 aromatic carbocycles. The Balaban J connectivity index is 1.47. The number of fused-ring (bicyclic) bond motifs is 1. The maximum absolute atomic E-state index is 13.5. The van der Waals surface area contributed by atoms with Crippen LogP contribution in [0, 0.1) is 23.6 Å². The predicted molar refractivity (Wildman–Crippen MR) is 90.8 cm³/mol. The molecule has 4 nitrogen and oxygen atoms in total. The Morgan fingerprint density at radius 2 is 1.72 bits per heavy atom. The van der Waals surface area contributed by atoms with Gasteiger partial charge in [-0.1, -0.05) is 0 Å². The molecule has 130 valence electrons. The molecule has 1 N–H and O–H groups in total. The van der Waals surface area contributed by atoms with Crippen LogP contribution < -0.4 is 10.9 Å². The monoisotopic (exact) mass is 341 g/mol. The van der Waals surface area contributed by atoms with Crippen LogP contribution in [0.5, 0.6) is 0 Å². The van der Waals surface area contributed by atoms with Gasteiger partial charge in [0.2, 0.25) is 0 Å². The van der Waals surface area contributed by atoms with Crippen molar-refractivity contribution in [1.82, 2.24) is 5.32 Å². The molecule has 4 aliphatic carbocycles. The van der Waals surface area contributed by atoms with Crippen LogP contribution >= 0.6 is 0 Å². The number of amides is 1. The Labute approximate surface area is 144 Å². The van der Waals surface area contributed by atoms with E-state index in [4.69, 9.17) is 4.42 Å². The minimum Gasteiger partial charge on any atom is -0.417 e. The molecule has 0 aliphatic heterocycles. The van der Waals surface area contributed by atoms with Crippen LogP contribution in [-0.2, 0) is 0 Å². The molecule has 0 radical (unpaired) electrons. The molecule has 4 fully saturated rings. The van der Waals surface area contributed by atoms with Crippen molar-refractivity contribution in [3.05, 3.63) is 46.3 Å². The summed E-state index contributed by atoms with van der Waals surface area (Å²) in [6.45, 7) is 0. The summed E-state index contributed by atoms with van der Waals surface area (Å²) in [7, 11) is 0. The Hall–Kier alpha value is -2.17. The first kappa shape index (κ1) is 15.1. The molecule has 1 amide bonds. The third-order valence-corrected chi connectivity index (χ3v) is 6.36. The molecule has 0 saturated heterocycles. The molecule has 2 aromatic rings. The van der Waals surface area contributed by atoms with Crippen molar-refractivity contribution < 1.29 is 13.6 Å². The SMILES string of the molecule is O=C(NC12CC3CC(CC(C3)C1)C2)c1cc2cc(F)ccc2c(=O)o1. The van der Waals surface area contributed by atoms with Gasteiger partial charge in [0, 0.05) is 5.54 Å². The van der Waals surface area contributed by atoms with Crippen molar-refractivity contribution in [3.63, 3.8) is 0 Å². The van der Waals surface area contributed by atoms with Crippen molar-refractivity contribution >= 4 is 16.7 Å². The van der Waals surface area contributed by atoms with Gasteiger partial charge in [-0.05, 0) is 85.9 Å². The maximum Gasteiger partial charge on any atom is 0.344 e. The van der Waals surface area contributed by atoms with E-state index in [9.17, 15) is 14.0 Å². The smallest absolute Gasteiger partial charge is 0.344 e. The second-order valence-corrected chi connectivity index (χ2v) is 8.28. The lowest BCUT2D eigenvalue weighted by atomic mass is 9.53. The molecule has 5 heteroatoms. The molecule has 0 unspecified atom stereocenters. The van der Waals surface area contributed by atoms with Gasteiger partial charge in [0.15, 0.2) is 5.76 Å². The average Bonchev–Trinajstić information content (AvgIpc) is 2.52. The highest BCUT2D eigenvalue weighted by atomic mass is 19.1. The first-order valence-electron chi connectivity index (χ1n) is 9.06. The maximum atomic E-state index is 13.5. The third-order valence-electron chi connectivity index (χ3n) is 6.36. The first-order valence-corrected chi connectivity index (χ1v) is 9.06. The van der Waals surface area contributed by atoms with Crippen LogP contribution in [0.3, 0.4) is 0 Å². The van der Waals surface area contributed by atoms with E-state index in [1.54, 1.807) is 0 Å². The molecule has 1 aromatic heterocycles. The van der Waals surface area contributed by atoms with Gasteiger partial charge in [0.1, 0.15) is 5.82 Å². The predicted octanol–water partition coefficient (Wildman–Crippen LogP) is 3.63. The number of rotatable bonds is 2. The van der Waals surface area contributed by atoms with Gasteiger partial charge in [-0.25, -0.2) is 9.18 Å². The molecular formula is C20H20FNO3. The Morgan fingerprint density at radius 3 is 2.36 bits per heavy atom. The van der Waals surface area contributed by atoms with Crippen LogP contribution in [0.25, 0.3) is 10.8 Å². The molecule has 0 atom stereocenters. The number of halogens is 1. The minimum atomic E-state index is -0.604. The van der Waals surface area contributed by atoms with Crippen molar-refractivity contribution in [2.75, 3.05) is 0 Å². The fourth-order valence-corrected chi connectivity index (χ4v) is 5.84. The van der Waals surface area contributed by atoms with Gasteiger partial charge in [-0.3, -0.25) is 4.79 Å². The molecule has 6 rings (SSSR count). The van der Waals surface area contributed by atoms with E-state index in [1.165, 1.54) is 43.5 Å². The van der Waals surface area contributed by atoms with E-state index in [2.05, 4.69) is 5.32 Å². The number of carbonyl (C=O) groups is 1. The van der Waals surface area contributed by atoms with Crippen LogP contribution in [0.15, 0.2) is 33.5 Å². The van der Waals surface area contributed by atoms with Crippen LogP contribution in [-0.4, -0.2) is 11.4 Å². The van der Waals surface area contributed by atoms with Crippen molar-refractivity contribution in [2.24, 2.45) is 17.8 Å². The lowest BCUT2D eigenvalue weighted by Gasteiger charge is -2.56. The van der Waals surface area contributed by atoms with E-state index < -0.39 is 11.4 Å². The van der Waals surface area contributed by atoms with Gasteiger partial charge in [0.05, 0.1) is 5.39 Å². The molecule has 4 saturated carbocycles. The molecule has 0 spiro atoms. The Kier molecular flexibility index (Phi) is 3.12. The lowest BCUT2D eigenvalue weighted by molar-refractivity contribution is -0.0171. The van der Waals surface area contributed by atoms with Gasteiger partial charge < -0.3 is 9.73 Å². The van der Waals surface area contributed by atoms with E-state index >= 15 is 0 Å². The van der Waals surface area contributed by atoms with Crippen molar-refractivity contribution in [1.29, 1.82) is 0 Å². The van der Waals surface area contributed by atoms with Crippen molar-refractivity contribution in [3.8, 4) is 0 Å². The molecule has 25 heavy (non-hydrogen) atoms. The largest absolute Gasteiger partial charge is 0.417 e. The van der Waals surface area contributed by atoms with Gasteiger partial charge >= 0.3 is 5.63 Å². The second kappa shape index (κ2) is 5.16. The summed E-state index contributed by atoms with van der Waals surface area (Å²) in [6.07, 6.45) is 6.95. The topological polar surface area (TPSA) is 59.3 Å². The summed E-state index contributed by atoms with van der Waals surface area (Å²) in [5, 5.41) is 3.86. The number of benzene rings is 1. The molecule has 1 heterocycles. The summed E-state index contributed by atoms with van der Waals surface area (Å²) in [4.78, 5) is 24.9. The fraction of sp³-hybridized carbons (Fsp3) is 0.500. The highest BCUT2D eigenvalue weighted by Crippen LogP contribution is 2.55. The molecule has 4 aliphatic rings. The highest BCUT2D eigenvalue weighted by molar-refractivity contribution is 5.95. The lowest BCUT2D eigenvalue weighted by Crippen LogP contribution is -2.59. The average molecular weight is 341 g/mol. The first-order chi connectivity index (χ1) is 12.0. The number of hydrogen-bond acceptors (Lipinski definition) is 3. The fourth-order valence-electron chi connectivity index (χ4n) is 5.84. The standard InChI is InChI=1S/C20H20FNO3/c21-15-1-2-16-14(6-15)7-17(25-19(16)24)18(23)22-20-8-11-3-12(9-20)5-13(4-11)10-20/h1-2,6-7,11-13H,3-5,8-10H2,(H,22,23). The normalized spacial score (nSPS) is 32.9. The van der Waals surface area contributed by atoms with Crippen LogP contribution in [0.4, 0.5) is 4.39 Å². The summed E-state index contributed by atoms with van der Waals surface area (Å²) in [6, 6.07) is 5.33. The van der Waals surface area contributed by atoms with E-state index in [0.29, 0.717) is 23.1 Å². The quantitative estimate of drug-likeness (QED) is 0.907. The van der Waals surface area contributed by atoms with Crippen LogP contribution in [0.2, 0.25) is 0 Å². The molecular weight excluding hydrogens is 321 g/mol. The summed E-state index contributed by atoms with van der Waals surface area (Å²) < 4.78 is 18.7. The zero-order valence-corrected chi connectivity index (χ0v) is 13.9. The summed E-state index contributed by atoms with van der Waals surface area (Å²) in [5.41, 5.74) is -0.755. The van der Waals surface area contributed by atoms with Gasteiger partial charge in [0.25, 0.3) is 5.91 Å². The third kappa shape index (κ3) is 2.48.